The van der Waals surface area contributed by atoms with E-state index < -0.39 is 0 Å². The number of amides is 1. The van der Waals surface area contributed by atoms with Crippen LogP contribution in [0.5, 0.6) is 0 Å². The first kappa shape index (κ1) is 17.2. The SMILES string of the molecule is Cc1cccnc1C(=O)NCC(N)C1CC1.Cl.Cl. The molecule has 1 amide bonds. The molecule has 1 fully saturated rings. The molecule has 1 saturated carbocycles. The molecule has 102 valence electrons. The number of carbonyl (C=O) groups is 1. The largest absolute Gasteiger partial charge is 0.349 e. The molecule has 1 unspecified atom stereocenters. The van der Waals surface area contributed by atoms with Crippen molar-refractivity contribution in [2.24, 2.45) is 11.7 Å². The number of nitrogens with zero attached hydrogens (tertiary/aromatic N) is 1. The van der Waals surface area contributed by atoms with E-state index in [0.29, 0.717) is 18.2 Å². The molecule has 1 aliphatic carbocycles. The average molecular weight is 292 g/mol. The summed E-state index contributed by atoms with van der Waals surface area (Å²) in [6, 6.07) is 3.79. The number of nitrogens with two attached hydrogens (primary N) is 1. The van der Waals surface area contributed by atoms with Gasteiger partial charge in [0, 0.05) is 18.8 Å². The molecule has 0 saturated heterocycles. The zero-order valence-corrected chi connectivity index (χ0v) is 11.9. The molecule has 0 bridgehead atoms. The second kappa shape index (κ2) is 7.56. The minimum atomic E-state index is -0.130. The second-order valence-corrected chi connectivity index (χ2v) is 4.38. The van der Waals surface area contributed by atoms with Gasteiger partial charge in [-0.2, -0.15) is 0 Å². The average Bonchev–Trinajstić information content (AvgIpc) is 3.10. The third kappa shape index (κ3) is 4.44. The molecule has 0 radical (unpaired) electrons. The van der Waals surface area contributed by atoms with Gasteiger partial charge >= 0.3 is 0 Å². The first-order valence-electron chi connectivity index (χ1n) is 5.64. The number of carbonyl (C=O) groups excluding carboxylic acids is 1. The zero-order valence-electron chi connectivity index (χ0n) is 10.3. The lowest BCUT2D eigenvalue weighted by atomic mass is 10.2. The lowest BCUT2D eigenvalue weighted by Crippen LogP contribution is -2.39. The molecule has 1 heterocycles. The Kier molecular flexibility index (Phi) is 7.21. The highest BCUT2D eigenvalue weighted by molar-refractivity contribution is 5.93. The van der Waals surface area contributed by atoms with Crippen LogP contribution in [0.3, 0.4) is 0 Å². The van der Waals surface area contributed by atoms with E-state index in [0.717, 1.165) is 5.56 Å². The summed E-state index contributed by atoms with van der Waals surface area (Å²) in [7, 11) is 0. The van der Waals surface area contributed by atoms with Gasteiger partial charge in [-0.1, -0.05) is 6.07 Å². The number of hydrogen-bond donors (Lipinski definition) is 2. The van der Waals surface area contributed by atoms with Crippen molar-refractivity contribution in [3.8, 4) is 0 Å². The predicted molar refractivity (Wildman–Crippen MR) is 76.5 cm³/mol. The Balaban J connectivity index is 0.00000144. The van der Waals surface area contributed by atoms with Crippen molar-refractivity contribution >= 4 is 30.7 Å². The topological polar surface area (TPSA) is 68.0 Å². The molecule has 1 aromatic rings. The van der Waals surface area contributed by atoms with Gasteiger partial charge in [0.15, 0.2) is 0 Å². The lowest BCUT2D eigenvalue weighted by Gasteiger charge is -2.11. The quantitative estimate of drug-likeness (QED) is 0.887. The Morgan fingerprint density at radius 1 is 1.56 bits per heavy atom. The summed E-state index contributed by atoms with van der Waals surface area (Å²) in [4.78, 5) is 15.8. The van der Waals surface area contributed by atoms with E-state index in [-0.39, 0.29) is 36.8 Å². The number of halogens is 2. The van der Waals surface area contributed by atoms with Gasteiger partial charge in [0.05, 0.1) is 0 Å². The highest BCUT2D eigenvalue weighted by Crippen LogP contribution is 2.31. The van der Waals surface area contributed by atoms with E-state index in [4.69, 9.17) is 5.73 Å². The molecule has 0 aromatic carbocycles. The van der Waals surface area contributed by atoms with Gasteiger partial charge in [0.2, 0.25) is 0 Å². The van der Waals surface area contributed by atoms with Crippen LogP contribution in [0.25, 0.3) is 0 Å². The Morgan fingerprint density at radius 2 is 2.22 bits per heavy atom. The minimum absolute atomic E-state index is 0. The third-order valence-electron chi connectivity index (χ3n) is 2.95. The lowest BCUT2D eigenvalue weighted by molar-refractivity contribution is 0.0944. The van der Waals surface area contributed by atoms with Gasteiger partial charge in [0.1, 0.15) is 5.69 Å². The highest BCUT2D eigenvalue weighted by Gasteiger charge is 2.28. The molecule has 1 atom stereocenters. The van der Waals surface area contributed by atoms with Crippen molar-refractivity contribution in [1.29, 1.82) is 0 Å². The molecule has 1 aromatic heterocycles. The van der Waals surface area contributed by atoms with Gasteiger partial charge < -0.3 is 11.1 Å². The van der Waals surface area contributed by atoms with E-state index in [1.165, 1.54) is 12.8 Å². The Labute approximate surface area is 120 Å². The summed E-state index contributed by atoms with van der Waals surface area (Å²) in [6.45, 7) is 2.42. The molecule has 1 aliphatic rings. The van der Waals surface area contributed by atoms with Crippen LogP contribution in [-0.4, -0.2) is 23.5 Å². The summed E-state index contributed by atoms with van der Waals surface area (Å²) in [5.74, 6) is 0.472. The summed E-state index contributed by atoms with van der Waals surface area (Å²) in [6.07, 6.45) is 4.02. The monoisotopic (exact) mass is 291 g/mol. The van der Waals surface area contributed by atoms with Crippen molar-refractivity contribution in [2.75, 3.05) is 6.54 Å². The van der Waals surface area contributed by atoms with Crippen molar-refractivity contribution in [2.45, 2.75) is 25.8 Å². The van der Waals surface area contributed by atoms with Gasteiger partial charge in [-0.05, 0) is 37.3 Å². The van der Waals surface area contributed by atoms with Crippen LogP contribution in [0, 0.1) is 12.8 Å². The fraction of sp³-hybridized carbons (Fsp3) is 0.500. The molecule has 18 heavy (non-hydrogen) atoms. The van der Waals surface area contributed by atoms with Crippen molar-refractivity contribution in [3.05, 3.63) is 29.6 Å². The second-order valence-electron chi connectivity index (χ2n) is 4.38. The highest BCUT2D eigenvalue weighted by atomic mass is 35.5. The van der Waals surface area contributed by atoms with Crippen molar-refractivity contribution in [3.63, 3.8) is 0 Å². The van der Waals surface area contributed by atoms with Gasteiger partial charge in [0.25, 0.3) is 5.91 Å². The summed E-state index contributed by atoms with van der Waals surface area (Å²) >= 11 is 0. The fourth-order valence-corrected chi connectivity index (χ4v) is 1.71. The molecule has 3 N–H and O–H groups in total. The van der Waals surface area contributed by atoms with Gasteiger partial charge in [-0.25, -0.2) is 0 Å². The number of aromatic nitrogens is 1. The van der Waals surface area contributed by atoms with Crippen molar-refractivity contribution in [1.82, 2.24) is 10.3 Å². The number of rotatable bonds is 4. The van der Waals surface area contributed by atoms with Crippen LogP contribution in [-0.2, 0) is 0 Å². The fourth-order valence-electron chi connectivity index (χ4n) is 1.71. The number of nitrogens with one attached hydrogen (secondary N) is 1. The maximum atomic E-state index is 11.8. The summed E-state index contributed by atoms with van der Waals surface area (Å²) in [5, 5.41) is 2.83. The van der Waals surface area contributed by atoms with Gasteiger partial charge in [-0.15, -0.1) is 24.8 Å². The maximum Gasteiger partial charge on any atom is 0.270 e. The van der Waals surface area contributed by atoms with E-state index >= 15 is 0 Å². The molecular weight excluding hydrogens is 273 g/mol. The molecule has 2 rings (SSSR count). The molecule has 4 nitrogen and oxygen atoms in total. The Hall–Kier alpha value is -0.840. The maximum absolute atomic E-state index is 11.8. The van der Waals surface area contributed by atoms with Crippen LogP contribution < -0.4 is 11.1 Å². The molecule has 0 spiro atoms. The number of pyridine rings is 1. The van der Waals surface area contributed by atoms with E-state index in [9.17, 15) is 4.79 Å². The van der Waals surface area contributed by atoms with Crippen molar-refractivity contribution < 1.29 is 4.79 Å². The predicted octanol–water partition coefficient (Wildman–Crippen LogP) is 1.70. The van der Waals surface area contributed by atoms with Crippen LogP contribution in [0.2, 0.25) is 0 Å². The van der Waals surface area contributed by atoms with Crippen LogP contribution >= 0.6 is 24.8 Å². The Bertz CT molecular complexity index is 397. The standard InChI is InChI=1S/C12H17N3O.2ClH/c1-8-3-2-6-14-11(8)12(16)15-7-10(13)9-4-5-9;;/h2-3,6,9-10H,4-5,7,13H2,1H3,(H,15,16);2*1H. The first-order chi connectivity index (χ1) is 7.68. The molecular formula is C12H19Cl2N3O. The van der Waals surface area contributed by atoms with E-state index in [1.54, 1.807) is 6.20 Å². The minimum Gasteiger partial charge on any atom is -0.349 e. The summed E-state index contributed by atoms with van der Waals surface area (Å²) in [5.41, 5.74) is 7.29. The smallest absolute Gasteiger partial charge is 0.270 e. The zero-order chi connectivity index (χ0) is 11.5. The van der Waals surface area contributed by atoms with E-state index in [2.05, 4.69) is 10.3 Å². The van der Waals surface area contributed by atoms with Gasteiger partial charge in [-0.3, -0.25) is 9.78 Å². The number of hydrogen-bond acceptors (Lipinski definition) is 3. The van der Waals surface area contributed by atoms with Crippen LogP contribution in [0.1, 0.15) is 28.9 Å². The number of aryl methyl sites for hydroxylation is 1. The molecule has 6 heteroatoms. The molecule has 0 aliphatic heterocycles. The third-order valence-corrected chi connectivity index (χ3v) is 2.95. The summed E-state index contributed by atoms with van der Waals surface area (Å²) < 4.78 is 0. The van der Waals surface area contributed by atoms with E-state index in [1.807, 2.05) is 19.1 Å². The first-order valence-corrected chi connectivity index (χ1v) is 5.64. The Morgan fingerprint density at radius 3 is 2.78 bits per heavy atom. The normalized spacial score (nSPS) is 15.0. The van der Waals surface area contributed by atoms with Crippen LogP contribution in [0.4, 0.5) is 0 Å². The van der Waals surface area contributed by atoms with Crippen LogP contribution in [0.15, 0.2) is 18.3 Å².